The summed E-state index contributed by atoms with van der Waals surface area (Å²) in [5, 5.41) is 16.3. The third-order valence-electron chi connectivity index (χ3n) is 4.38. The molecule has 4 aromatic rings. The molecule has 0 atom stereocenters. The summed E-state index contributed by atoms with van der Waals surface area (Å²) in [5.41, 5.74) is 3.74. The summed E-state index contributed by atoms with van der Waals surface area (Å²) in [7, 11) is 0. The van der Waals surface area contributed by atoms with Gasteiger partial charge >= 0.3 is 0 Å². The van der Waals surface area contributed by atoms with Crippen LogP contribution in [0.5, 0.6) is 0 Å². The first-order valence-corrected chi connectivity index (χ1v) is 11.5. The van der Waals surface area contributed by atoms with Crippen LogP contribution in [0, 0.1) is 15.3 Å². The Hall–Kier alpha value is -3.25. The van der Waals surface area contributed by atoms with Gasteiger partial charge in [-0.2, -0.15) is 5.26 Å². The number of aromatic nitrogens is 2. The molecule has 0 aliphatic heterocycles. The maximum Gasteiger partial charge on any atom is 0.255 e. The molecule has 0 bridgehead atoms. The van der Waals surface area contributed by atoms with E-state index in [0.717, 1.165) is 15.8 Å². The van der Waals surface area contributed by atoms with Crippen molar-refractivity contribution in [1.29, 1.82) is 5.26 Å². The molecule has 1 amide bonds. The zero-order valence-electron chi connectivity index (χ0n) is 16.2. The lowest BCUT2D eigenvalue weighted by Crippen LogP contribution is -2.12. The van der Waals surface area contributed by atoms with Crippen LogP contribution in [0.3, 0.4) is 0 Å². The Morgan fingerprint density at radius 3 is 2.45 bits per heavy atom. The maximum absolute atomic E-state index is 12.5. The van der Waals surface area contributed by atoms with E-state index in [4.69, 9.17) is 17.5 Å². The largest absolute Gasteiger partial charge is 0.322 e. The molecule has 0 aliphatic rings. The summed E-state index contributed by atoms with van der Waals surface area (Å²) < 4.78 is 3.28. The van der Waals surface area contributed by atoms with Gasteiger partial charge < -0.3 is 5.32 Å². The number of benzene rings is 3. The fourth-order valence-electron chi connectivity index (χ4n) is 2.79. The van der Waals surface area contributed by atoms with E-state index in [1.165, 1.54) is 16.9 Å². The molecule has 1 N–H and O–H groups in total. The van der Waals surface area contributed by atoms with Gasteiger partial charge in [0.25, 0.3) is 5.91 Å². The molecule has 3 aromatic carbocycles. The molecular weight excluding hydrogens is 444 g/mol. The van der Waals surface area contributed by atoms with Crippen LogP contribution in [0.2, 0.25) is 0 Å². The third kappa shape index (κ3) is 5.27. The van der Waals surface area contributed by atoms with E-state index in [-0.39, 0.29) is 5.91 Å². The summed E-state index contributed by atoms with van der Waals surface area (Å²) in [4.78, 5) is 12.5. The number of carbonyl (C=O) groups excluding carboxylic acids is 1. The molecule has 8 heteroatoms. The molecule has 0 radical (unpaired) electrons. The zero-order chi connectivity index (χ0) is 21.6. The van der Waals surface area contributed by atoms with Crippen molar-refractivity contribution in [3.05, 3.63) is 99.5 Å². The van der Waals surface area contributed by atoms with Crippen molar-refractivity contribution in [2.45, 2.75) is 10.1 Å². The second-order valence-electron chi connectivity index (χ2n) is 6.51. The SMILES string of the molecule is N#Cc1ccc(NC(=O)c2ccc(-n3nc(SCc4ccccc4)sc3=S)cc2)cc1. The van der Waals surface area contributed by atoms with Crippen LogP contribution in [0.4, 0.5) is 5.69 Å². The number of nitrogens with zero attached hydrogens (tertiary/aromatic N) is 3. The van der Waals surface area contributed by atoms with Gasteiger partial charge in [0.15, 0.2) is 8.29 Å². The molecule has 0 aliphatic carbocycles. The van der Waals surface area contributed by atoms with Gasteiger partial charge in [0, 0.05) is 17.0 Å². The molecule has 0 spiro atoms. The Morgan fingerprint density at radius 1 is 1.06 bits per heavy atom. The van der Waals surface area contributed by atoms with Crippen LogP contribution in [-0.4, -0.2) is 15.7 Å². The third-order valence-corrected chi connectivity index (χ3v) is 6.82. The van der Waals surface area contributed by atoms with Gasteiger partial charge in [-0.25, -0.2) is 4.68 Å². The Kier molecular flexibility index (Phi) is 6.57. The van der Waals surface area contributed by atoms with Crippen molar-refractivity contribution < 1.29 is 4.79 Å². The number of hydrogen-bond donors (Lipinski definition) is 1. The zero-order valence-corrected chi connectivity index (χ0v) is 18.6. The number of rotatable bonds is 6. The van der Waals surface area contributed by atoms with Crippen molar-refractivity contribution in [3.63, 3.8) is 0 Å². The Bertz CT molecular complexity index is 1290. The van der Waals surface area contributed by atoms with Crippen LogP contribution < -0.4 is 5.32 Å². The highest BCUT2D eigenvalue weighted by Crippen LogP contribution is 2.27. The number of anilines is 1. The van der Waals surface area contributed by atoms with Crippen molar-refractivity contribution in [1.82, 2.24) is 9.78 Å². The van der Waals surface area contributed by atoms with E-state index in [1.807, 2.05) is 30.3 Å². The lowest BCUT2D eigenvalue weighted by atomic mass is 10.1. The summed E-state index contributed by atoms with van der Waals surface area (Å²) >= 11 is 8.60. The first-order valence-electron chi connectivity index (χ1n) is 9.31. The minimum absolute atomic E-state index is 0.225. The Balaban J connectivity index is 1.44. The van der Waals surface area contributed by atoms with E-state index in [1.54, 1.807) is 52.8 Å². The lowest BCUT2D eigenvalue weighted by molar-refractivity contribution is 0.102. The van der Waals surface area contributed by atoms with E-state index in [2.05, 4.69) is 28.6 Å². The second-order valence-corrected chi connectivity index (χ2v) is 9.36. The molecular formula is C23H16N4OS3. The normalized spacial score (nSPS) is 10.4. The number of hydrogen-bond acceptors (Lipinski definition) is 6. The highest BCUT2D eigenvalue weighted by atomic mass is 32.2. The number of nitrogens with one attached hydrogen (secondary N) is 1. The Morgan fingerprint density at radius 2 is 1.77 bits per heavy atom. The van der Waals surface area contributed by atoms with Crippen LogP contribution in [-0.2, 0) is 5.75 Å². The maximum atomic E-state index is 12.5. The Labute approximate surface area is 193 Å². The standard InChI is InChI=1S/C23H16N4OS3/c24-14-16-6-10-19(11-7-16)25-21(28)18-8-12-20(13-9-18)27-23(29)31-22(26-27)30-15-17-4-2-1-3-5-17/h1-13H,15H2,(H,25,28). The minimum atomic E-state index is -0.225. The van der Waals surface area contributed by atoms with Crippen molar-refractivity contribution in [3.8, 4) is 11.8 Å². The highest BCUT2D eigenvalue weighted by molar-refractivity contribution is 8.00. The van der Waals surface area contributed by atoms with Crippen LogP contribution >= 0.6 is 35.3 Å². The molecule has 0 unspecified atom stereocenters. The van der Waals surface area contributed by atoms with Gasteiger partial charge in [0.1, 0.15) is 0 Å². The minimum Gasteiger partial charge on any atom is -0.322 e. The van der Waals surface area contributed by atoms with Gasteiger partial charge in [0.2, 0.25) is 0 Å². The molecule has 152 valence electrons. The first-order chi connectivity index (χ1) is 15.1. The molecule has 1 aromatic heterocycles. The predicted molar refractivity (Wildman–Crippen MR) is 127 cm³/mol. The van der Waals surface area contributed by atoms with Crippen molar-refractivity contribution in [2.24, 2.45) is 0 Å². The molecule has 5 nitrogen and oxygen atoms in total. The lowest BCUT2D eigenvalue weighted by Gasteiger charge is -2.06. The number of carbonyl (C=O) groups is 1. The first kappa shape index (κ1) is 21.0. The monoisotopic (exact) mass is 460 g/mol. The van der Waals surface area contributed by atoms with Crippen molar-refractivity contribution in [2.75, 3.05) is 5.32 Å². The molecule has 4 rings (SSSR count). The summed E-state index contributed by atoms with van der Waals surface area (Å²) in [6.45, 7) is 0. The number of thioether (sulfide) groups is 1. The quantitative estimate of drug-likeness (QED) is 0.279. The predicted octanol–water partition coefficient (Wildman–Crippen LogP) is 6.08. The van der Waals surface area contributed by atoms with Gasteiger partial charge in [-0.05, 0) is 66.3 Å². The second kappa shape index (κ2) is 9.71. The summed E-state index contributed by atoms with van der Waals surface area (Å²) in [6.07, 6.45) is 0. The van der Waals surface area contributed by atoms with E-state index in [0.29, 0.717) is 20.8 Å². The molecule has 1 heterocycles. The van der Waals surface area contributed by atoms with Gasteiger partial charge in [-0.1, -0.05) is 53.4 Å². The fourth-order valence-corrected chi connectivity index (χ4v) is 5.10. The average Bonchev–Trinajstić information content (AvgIpc) is 3.19. The molecule has 0 fully saturated rings. The van der Waals surface area contributed by atoms with Gasteiger partial charge in [-0.15, -0.1) is 5.10 Å². The topological polar surface area (TPSA) is 70.7 Å². The molecule has 0 saturated carbocycles. The van der Waals surface area contributed by atoms with Gasteiger partial charge in [-0.3, -0.25) is 4.79 Å². The summed E-state index contributed by atoms with van der Waals surface area (Å²) in [5.74, 6) is 0.606. The van der Waals surface area contributed by atoms with E-state index in [9.17, 15) is 4.79 Å². The van der Waals surface area contributed by atoms with Gasteiger partial charge in [0.05, 0.1) is 17.3 Å². The van der Waals surface area contributed by atoms with E-state index >= 15 is 0 Å². The number of nitriles is 1. The van der Waals surface area contributed by atoms with Crippen LogP contribution in [0.25, 0.3) is 5.69 Å². The fraction of sp³-hybridized carbons (Fsp3) is 0.0435. The smallest absolute Gasteiger partial charge is 0.255 e. The molecule has 0 saturated heterocycles. The summed E-state index contributed by atoms with van der Waals surface area (Å²) in [6, 6.07) is 26.1. The van der Waals surface area contributed by atoms with Crippen molar-refractivity contribution >= 4 is 46.9 Å². The average molecular weight is 461 g/mol. The van der Waals surface area contributed by atoms with Crippen LogP contribution in [0.15, 0.2) is 83.2 Å². The van der Waals surface area contributed by atoms with E-state index < -0.39 is 0 Å². The van der Waals surface area contributed by atoms with Crippen LogP contribution in [0.1, 0.15) is 21.5 Å². The number of amides is 1. The highest BCUT2D eigenvalue weighted by Gasteiger charge is 2.10. The molecule has 31 heavy (non-hydrogen) atoms.